The van der Waals surface area contributed by atoms with Crippen molar-refractivity contribution in [2.24, 2.45) is 0 Å². The van der Waals surface area contributed by atoms with E-state index in [9.17, 15) is 14.4 Å². The molecule has 11 heteroatoms. The molecule has 270 valence electrons. The fraction of sp³-hybridized carbons (Fsp3) is 0.375. The third-order valence-corrected chi connectivity index (χ3v) is 9.06. The molecule has 1 heterocycles. The minimum atomic E-state index is -0.653. The van der Waals surface area contributed by atoms with Crippen LogP contribution in [-0.2, 0) is 11.2 Å². The molecule has 0 saturated carbocycles. The predicted octanol–water partition coefficient (Wildman–Crippen LogP) is 7.38. The number of ether oxygens (including phenoxy) is 1. The molecule has 0 aliphatic rings. The largest absolute Gasteiger partial charge is 0.417 e. The molecule has 51 heavy (non-hydrogen) atoms. The lowest BCUT2D eigenvalue weighted by Crippen LogP contribution is -2.36. The number of carbonyl (C=O) groups is 3. The van der Waals surface area contributed by atoms with Gasteiger partial charge < -0.3 is 25.2 Å². The van der Waals surface area contributed by atoms with Crippen molar-refractivity contribution in [1.29, 1.82) is 0 Å². The summed E-state index contributed by atoms with van der Waals surface area (Å²) in [5.41, 5.74) is 6.39. The third-order valence-electron chi connectivity index (χ3n) is 9.06. The number of benzene rings is 3. The zero-order valence-electron chi connectivity index (χ0n) is 30.9. The lowest BCUT2D eigenvalue weighted by atomic mass is 9.96. The van der Waals surface area contributed by atoms with Crippen molar-refractivity contribution in [2.75, 3.05) is 43.9 Å². The maximum Gasteiger partial charge on any atom is 0.417 e. The summed E-state index contributed by atoms with van der Waals surface area (Å²) in [6.07, 6.45) is 3.81. The fourth-order valence-corrected chi connectivity index (χ4v) is 5.72. The second kappa shape index (κ2) is 18.6. The zero-order chi connectivity index (χ0) is 36.9. The Labute approximate surface area is 301 Å². The highest BCUT2D eigenvalue weighted by molar-refractivity contribution is 5.95. The maximum atomic E-state index is 13.4. The minimum Gasteiger partial charge on any atom is -0.408 e. The topological polar surface area (TPSA) is 129 Å². The molecule has 0 spiro atoms. The van der Waals surface area contributed by atoms with Gasteiger partial charge >= 0.3 is 6.09 Å². The zero-order valence-corrected chi connectivity index (χ0v) is 30.9. The first-order valence-corrected chi connectivity index (χ1v) is 17.7. The third kappa shape index (κ3) is 10.6. The van der Waals surface area contributed by atoms with Crippen molar-refractivity contribution in [3.05, 3.63) is 95.4 Å². The smallest absolute Gasteiger partial charge is 0.408 e. The van der Waals surface area contributed by atoms with Gasteiger partial charge in [-0.2, -0.15) is 0 Å². The highest BCUT2D eigenvalue weighted by Crippen LogP contribution is 2.39. The van der Waals surface area contributed by atoms with Crippen LogP contribution >= 0.6 is 0 Å². The number of hydrogen-bond acceptors (Lipinski definition) is 8. The van der Waals surface area contributed by atoms with Crippen molar-refractivity contribution in [1.82, 2.24) is 25.1 Å². The Balaban J connectivity index is 1.71. The van der Waals surface area contributed by atoms with Crippen molar-refractivity contribution in [3.8, 4) is 17.0 Å². The van der Waals surface area contributed by atoms with E-state index in [2.05, 4.69) is 44.7 Å². The van der Waals surface area contributed by atoms with E-state index in [0.29, 0.717) is 41.3 Å². The Bertz CT molecular complexity index is 1760. The molecule has 0 saturated heterocycles. The van der Waals surface area contributed by atoms with Crippen LogP contribution in [0.4, 0.5) is 21.9 Å². The van der Waals surface area contributed by atoms with Gasteiger partial charge in [0, 0.05) is 61.3 Å². The second-order valence-electron chi connectivity index (χ2n) is 12.7. The molecule has 3 amide bonds. The number of aromatic nitrogens is 2. The lowest BCUT2D eigenvalue weighted by Gasteiger charge is -2.23. The average Bonchev–Trinajstić information content (AvgIpc) is 3.13. The van der Waals surface area contributed by atoms with Crippen molar-refractivity contribution in [2.45, 2.75) is 66.8 Å². The first-order valence-electron chi connectivity index (χ1n) is 17.7. The van der Waals surface area contributed by atoms with Crippen molar-refractivity contribution >= 4 is 35.0 Å². The van der Waals surface area contributed by atoms with E-state index >= 15 is 0 Å². The van der Waals surface area contributed by atoms with E-state index < -0.39 is 6.09 Å². The molecule has 4 aromatic rings. The standard InChI is InChI=1S/C40H51N7O4/c1-8-29(6)43-36(48)21-19-33-32(34-22-23-41-26-42-34)18-20-35(51-40(50)45-37-27(4)12-11-13-28(37)5)38(33)44-31-16-14-30(15-17-31)39(49)46(7)24-25-47(9-2)10-3/h11-18,20,22-23,26,29,44H,8-10,19,21,24-25H2,1-7H3,(H,43,48)(H,45,50). The number of aryl methyl sites for hydroxylation is 2. The van der Waals surface area contributed by atoms with Crippen LogP contribution in [0, 0.1) is 13.8 Å². The Hall–Kier alpha value is -5.29. The molecule has 1 aromatic heterocycles. The van der Waals surface area contributed by atoms with E-state index in [-0.39, 0.29) is 30.0 Å². The number of rotatable bonds is 16. The van der Waals surface area contributed by atoms with Gasteiger partial charge in [0.1, 0.15) is 6.33 Å². The van der Waals surface area contributed by atoms with Gasteiger partial charge in [-0.05, 0) is 106 Å². The average molecular weight is 694 g/mol. The predicted molar refractivity (Wildman–Crippen MR) is 204 cm³/mol. The van der Waals surface area contributed by atoms with Crippen LogP contribution in [0.15, 0.2) is 73.2 Å². The molecular formula is C40H51N7O4. The summed E-state index contributed by atoms with van der Waals surface area (Å²) in [6.45, 7) is 15.3. The summed E-state index contributed by atoms with van der Waals surface area (Å²) in [4.78, 5) is 52.3. The molecule has 3 aromatic carbocycles. The quantitative estimate of drug-likeness (QED) is 0.111. The van der Waals surface area contributed by atoms with Crippen LogP contribution in [0.25, 0.3) is 11.3 Å². The summed E-state index contributed by atoms with van der Waals surface area (Å²) in [5, 5.41) is 9.40. The SMILES string of the molecule is CCC(C)NC(=O)CCc1c(-c2ccncn2)ccc(OC(=O)Nc2c(C)cccc2C)c1Nc1ccc(C(=O)N(C)CCN(CC)CC)cc1. The number of nitrogens with zero attached hydrogens (tertiary/aromatic N) is 4. The molecule has 1 unspecified atom stereocenters. The number of para-hydroxylation sites is 1. The molecule has 11 nitrogen and oxygen atoms in total. The molecule has 3 N–H and O–H groups in total. The van der Waals surface area contributed by atoms with Gasteiger partial charge in [0.25, 0.3) is 5.91 Å². The van der Waals surface area contributed by atoms with Gasteiger partial charge in [-0.3, -0.25) is 14.9 Å². The van der Waals surface area contributed by atoms with Crippen LogP contribution in [0.1, 0.15) is 67.6 Å². The van der Waals surface area contributed by atoms with E-state index in [4.69, 9.17) is 4.74 Å². The van der Waals surface area contributed by atoms with Crippen LogP contribution < -0.4 is 20.7 Å². The van der Waals surface area contributed by atoms with Gasteiger partial charge in [-0.15, -0.1) is 0 Å². The highest BCUT2D eigenvalue weighted by atomic mass is 16.6. The number of carbonyl (C=O) groups excluding carboxylic acids is 3. The lowest BCUT2D eigenvalue weighted by molar-refractivity contribution is -0.121. The Morgan fingerprint density at radius 2 is 1.59 bits per heavy atom. The van der Waals surface area contributed by atoms with E-state index in [1.807, 2.05) is 71.1 Å². The van der Waals surface area contributed by atoms with Gasteiger partial charge in [0.15, 0.2) is 5.75 Å². The Kier molecular flexibility index (Phi) is 14.1. The summed E-state index contributed by atoms with van der Waals surface area (Å²) < 4.78 is 6.00. The number of anilines is 3. The molecule has 0 fully saturated rings. The van der Waals surface area contributed by atoms with Gasteiger partial charge in [0.05, 0.1) is 11.4 Å². The fourth-order valence-electron chi connectivity index (χ4n) is 5.72. The first kappa shape index (κ1) is 38.5. The van der Waals surface area contributed by atoms with Gasteiger partial charge in [0.2, 0.25) is 5.91 Å². The van der Waals surface area contributed by atoms with Crippen molar-refractivity contribution in [3.63, 3.8) is 0 Å². The molecule has 0 aliphatic carbocycles. The molecule has 0 aliphatic heterocycles. The Morgan fingerprint density at radius 1 is 0.882 bits per heavy atom. The van der Waals surface area contributed by atoms with Crippen LogP contribution in [0.3, 0.4) is 0 Å². The normalized spacial score (nSPS) is 11.5. The maximum absolute atomic E-state index is 13.4. The van der Waals surface area contributed by atoms with Crippen molar-refractivity contribution < 1.29 is 19.1 Å². The minimum absolute atomic E-state index is 0.0391. The second-order valence-corrected chi connectivity index (χ2v) is 12.7. The first-order chi connectivity index (χ1) is 24.5. The summed E-state index contributed by atoms with van der Waals surface area (Å²) in [6, 6.07) is 18.4. The molecular weight excluding hydrogens is 642 g/mol. The van der Waals surface area contributed by atoms with E-state index in [1.165, 1.54) is 6.33 Å². The summed E-state index contributed by atoms with van der Waals surface area (Å²) in [7, 11) is 1.81. The Morgan fingerprint density at radius 3 is 2.22 bits per heavy atom. The summed E-state index contributed by atoms with van der Waals surface area (Å²) in [5.74, 6) is 0.112. The highest BCUT2D eigenvalue weighted by Gasteiger charge is 2.21. The molecule has 0 bridgehead atoms. The van der Waals surface area contributed by atoms with Crippen LogP contribution in [0.2, 0.25) is 0 Å². The monoisotopic (exact) mass is 693 g/mol. The van der Waals surface area contributed by atoms with Crippen LogP contribution in [-0.4, -0.2) is 76.9 Å². The van der Waals surface area contributed by atoms with E-state index in [1.54, 1.807) is 35.4 Å². The molecule has 0 radical (unpaired) electrons. The molecule has 1 atom stereocenters. The van der Waals surface area contributed by atoms with Crippen LogP contribution in [0.5, 0.6) is 5.75 Å². The van der Waals surface area contributed by atoms with Gasteiger partial charge in [-0.25, -0.2) is 14.8 Å². The number of hydrogen-bond donors (Lipinski definition) is 3. The summed E-state index contributed by atoms with van der Waals surface area (Å²) >= 11 is 0. The number of likely N-dealkylation sites (N-methyl/N-ethyl adjacent to an activating group) is 2. The number of amides is 3. The number of nitrogens with one attached hydrogen (secondary N) is 3. The van der Waals surface area contributed by atoms with E-state index in [0.717, 1.165) is 48.3 Å². The van der Waals surface area contributed by atoms with Gasteiger partial charge in [-0.1, -0.05) is 39.0 Å². The molecule has 4 rings (SSSR count).